The molecule has 0 radical (unpaired) electrons. The van der Waals surface area contributed by atoms with Gasteiger partial charge in [-0.25, -0.2) is 4.39 Å². The second-order valence-corrected chi connectivity index (χ2v) is 7.40. The number of amides is 2. The van der Waals surface area contributed by atoms with Gasteiger partial charge in [-0.2, -0.15) is 0 Å². The van der Waals surface area contributed by atoms with Crippen molar-refractivity contribution < 1.29 is 18.5 Å². The smallest absolute Gasteiger partial charge is 0.292 e. The lowest BCUT2D eigenvalue weighted by atomic mass is 10.0. The third kappa shape index (κ3) is 4.06. The van der Waals surface area contributed by atoms with Crippen LogP contribution in [0.2, 0.25) is 0 Å². The van der Waals surface area contributed by atoms with E-state index in [1.54, 1.807) is 30.0 Å². The van der Waals surface area contributed by atoms with Gasteiger partial charge < -0.3 is 14.7 Å². The van der Waals surface area contributed by atoms with Gasteiger partial charge in [0.25, 0.3) is 5.91 Å². The summed E-state index contributed by atoms with van der Waals surface area (Å²) in [5, 5.41) is 6.81. The van der Waals surface area contributed by atoms with Crippen LogP contribution in [-0.2, 0) is 4.79 Å². The fourth-order valence-corrected chi connectivity index (χ4v) is 3.48. The summed E-state index contributed by atoms with van der Waals surface area (Å²) in [5.74, 6) is -0.365. The van der Waals surface area contributed by atoms with Crippen molar-refractivity contribution in [3.05, 3.63) is 53.2 Å². The van der Waals surface area contributed by atoms with E-state index in [9.17, 15) is 14.0 Å². The van der Waals surface area contributed by atoms with E-state index < -0.39 is 6.04 Å². The first kappa shape index (κ1) is 18.6. The monoisotopic (exact) mass is 386 g/mol. The molecule has 2 fully saturated rings. The maximum absolute atomic E-state index is 13.3. The zero-order valence-corrected chi connectivity index (χ0v) is 15.7. The highest BCUT2D eigenvalue weighted by Crippen LogP contribution is 2.26. The summed E-state index contributed by atoms with van der Waals surface area (Å²) in [5.41, 5.74) is 1.42. The summed E-state index contributed by atoms with van der Waals surface area (Å²) in [7, 11) is 0. The van der Waals surface area contributed by atoms with E-state index >= 15 is 0 Å². The lowest BCUT2D eigenvalue weighted by Gasteiger charge is -2.38. The van der Waals surface area contributed by atoms with E-state index in [1.807, 2.05) is 4.90 Å². The van der Waals surface area contributed by atoms with Crippen molar-refractivity contribution in [2.45, 2.75) is 31.8 Å². The Morgan fingerprint density at radius 3 is 2.43 bits per heavy atom. The fraction of sp³-hybridized carbons (Fsp3) is 0.450. The average molecular weight is 386 g/mol. The topological polar surface area (TPSA) is 78.7 Å². The molecule has 2 heterocycles. The molecule has 1 atom stereocenters. The van der Waals surface area contributed by atoms with Gasteiger partial charge in [0, 0.05) is 38.3 Å². The van der Waals surface area contributed by atoms with Gasteiger partial charge in [0.05, 0.1) is 5.69 Å². The Hall–Kier alpha value is -2.74. The van der Waals surface area contributed by atoms with Crippen LogP contribution in [0.25, 0.3) is 0 Å². The van der Waals surface area contributed by atoms with Crippen molar-refractivity contribution in [1.29, 1.82) is 0 Å². The van der Waals surface area contributed by atoms with Crippen LogP contribution < -0.4 is 5.32 Å². The highest BCUT2D eigenvalue weighted by Gasteiger charge is 2.35. The van der Waals surface area contributed by atoms with Crippen LogP contribution in [0, 0.1) is 12.7 Å². The molecule has 8 heteroatoms. The second-order valence-electron chi connectivity index (χ2n) is 7.40. The number of carbonyl (C=O) groups excluding carboxylic acids is 2. The maximum atomic E-state index is 13.3. The van der Waals surface area contributed by atoms with Crippen molar-refractivity contribution in [1.82, 2.24) is 20.3 Å². The van der Waals surface area contributed by atoms with Crippen molar-refractivity contribution in [2.75, 3.05) is 26.2 Å². The number of aryl methyl sites for hydroxylation is 1. The number of rotatable bonds is 5. The van der Waals surface area contributed by atoms with E-state index in [4.69, 9.17) is 4.52 Å². The fourth-order valence-electron chi connectivity index (χ4n) is 3.48. The third-order valence-electron chi connectivity index (χ3n) is 5.16. The van der Waals surface area contributed by atoms with E-state index in [0.717, 1.165) is 18.4 Å². The first-order chi connectivity index (χ1) is 13.5. The Bertz CT molecular complexity index is 855. The molecule has 2 aromatic rings. The molecule has 1 N–H and O–H groups in total. The predicted molar refractivity (Wildman–Crippen MR) is 99.0 cm³/mol. The van der Waals surface area contributed by atoms with Crippen LogP contribution in [-0.4, -0.2) is 59.0 Å². The van der Waals surface area contributed by atoms with Gasteiger partial charge in [0.2, 0.25) is 11.7 Å². The Balaban J connectivity index is 1.46. The third-order valence-corrected chi connectivity index (χ3v) is 5.16. The number of benzene rings is 1. The van der Waals surface area contributed by atoms with Gasteiger partial charge in [-0.15, -0.1) is 0 Å². The number of nitrogens with one attached hydrogen (secondary N) is 1. The van der Waals surface area contributed by atoms with Crippen molar-refractivity contribution in [2.24, 2.45) is 0 Å². The van der Waals surface area contributed by atoms with E-state index in [1.165, 1.54) is 12.1 Å². The van der Waals surface area contributed by atoms with Crippen molar-refractivity contribution in [3.63, 3.8) is 0 Å². The van der Waals surface area contributed by atoms with Gasteiger partial charge in [-0.3, -0.25) is 14.5 Å². The minimum atomic E-state index is -0.494. The molecule has 1 aliphatic heterocycles. The number of carbonyl (C=O) groups is 2. The van der Waals surface area contributed by atoms with Crippen LogP contribution in [0.1, 0.15) is 40.7 Å². The lowest BCUT2D eigenvalue weighted by Crippen LogP contribution is -2.52. The van der Waals surface area contributed by atoms with Crippen LogP contribution in [0.15, 0.2) is 34.9 Å². The number of piperazine rings is 1. The molecule has 7 nitrogen and oxygen atoms in total. The zero-order valence-electron chi connectivity index (χ0n) is 15.7. The molecule has 1 saturated carbocycles. The van der Waals surface area contributed by atoms with Gasteiger partial charge >= 0.3 is 0 Å². The number of hydrogen-bond acceptors (Lipinski definition) is 5. The van der Waals surface area contributed by atoms with Crippen LogP contribution >= 0.6 is 0 Å². The van der Waals surface area contributed by atoms with Gasteiger partial charge in [0.15, 0.2) is 0 Å². The molecule has 148 valence electrons. The van der Waals surface area contributed by atoms with E-state index in [-0.39, 0.29) is 29.4 Å². The summed E-state index contributed by atoms with van der Waals surface area (Å²) < 4.78 is 18.4. The molecule has 1 aliphatic carbocycles. The van der Waals surface area contributed by atoms with Crippen LogP contribution in [0.4, 0.5) is 4.39 Å². The maximum Gasteiger partial charge on any atom is 0.292 e. The first-order valence-electron chi connectivity index (χ1n) is 9.54. The van der Waals surface area contributed by atoms with Crippen molar-refractivity contribution in [3.8, 4) is 0 Å². The molecule has 4 rings (SSSR count). The largest absolute Gasteiger partial charge is 0.352 e. The molecule has 0 spiro atoms. The molecule has 1 aromatic carbocycles. The molecule has 0 bridgehead atoms. The standard InChI is InChI=1S/C20H23FN4O3/c1-13-12-17(28-23-13)20(27)25-10-8-24(9-11-25)18(19(26)22-16-6-7-16)14-2-4-15(21)5-3-14/h2-5,12,16,18H,6-11H2,1H3,(H,22,26). The molecular formula is C20H23FN4O3. The summed E-state index contributed by atoms with van der Waals surface area (Å²) in [6.45, 7) is 3.81. The number of halogens is 1. The number of aromatic nitrogens is 1. The highest BCUT2D eigenvalue weighted by molar-refractivity contribution is 5.91. The molecule has 2 amide bonds. The van der Waals surface area contributed by atoms with Crippen molar-refractivity contribution >= 4 is 11.8 Å². The number of hydrogen-bond donors (Lipinski definition) is 1. The van der Waals surface area contributed by atoms with Gasteiger partial charge in [-0.1, -0.05) is 17.3 Å². The first-order valence-corrected chi connectivity index (χ1v) is 9.54. The SMILES string of the molecule is Cc1cc(C(=O)N2CCN(C(C(=O)NC3CC3)c3ccc(F)cc3)CC2)on1. The van der Waals surface area contributed by atoms with E-state index in [2.05, 4.69) is 10.5 Å². The summed E-state index contributed by atoms with van der Waals surface area (Å²) in [4.78, 5) is 29.2. The summed E-state index contributed by atoms with van der Waals surface area (Å²) in [6.07, 6.45) is 2.00. The molecular weight excluding hydrogens is 363 g/mol. The zero-order chi connectivity index (χ0) is 19.7. The van der Waals surface area contributed by atoms with Crippen LogP contribution in [0.5, 0.6) is 0 Å². The Labute approximate surface area is 162 Å². The van der Waals surface area contributed by atoms with Gasteiger partial charge in [0.1, 0.15) is 11.9 Å². The average Bonchev–Trinajstić information content (AvgIpc) is 3.40. The Kier molecular flexibility index (Phi) is 5.13. The van der Waals surface area contributed by atoms with Crippen LogP contribution in [0.3, 0.4) is 0 Å². The van der Waals surface area contributed by atoms with E-state index in [0.29, 0.717) is 31.9 Å². The molecule has 28 heavy (non-hydrogen) atoms. The Morgan fingerprint density at radius 2 is 1.86 bits per heavy atom. The lowest BCUT2D eigenvalue weighted by molar-refractivity contribution is -0.127. The summed E-state index contributed by atoms with van der Waals surface area (Å²) >= 11 is 0. The minimum Gasteiger partial charge on any atom is -0.352 e. The minimum absolute atomic E-state index is 0.0697. The molecule has 1 saturated heterocycles. The predicted octanol–water partition coefficient (Wildman–Crippen LogP) is 1.90. The molecule has 2 aliphatic rings. The Morgan fingerprint density at radius 1 is 1.18 bits per heavy atom. The normalized spacial score (nSPS) is 18.7. The van der Waals surface area contributed by atoms with Gasteiger partial charge in [-0.05, 0) is 37.5 Å². The highest BCUT2D eigenvalue weighted by atomic mass is 19.1. The molecule has 1 unspecified atom stereocenters. The summed E-state index contributed by atoms with van der Waals surface area (Å²) in [6, 6.07) is 7.43. The second kappa shape index (κ2) is 7.71. The quantitative estimate of drug-likeness (QED) is 0.849. The number of nitrogens with zero attached hydrogens (tertiary/aromatic N) is 3. The molecule has 1 aromatic heterocycles.